The standard InChI is InChI=1S/C13H26O4/c1-10(8-9-12(2,3)4)11(14)15-17-16-13(5,6)7/h10H,8-9H2,1-7H3. The SMILES string of the molecule is CC(CCC(C)(C)C)C(=O)OOOC(C)(C)C. The van der Waals surface area contributed by atoms with Crippen LogP contribution in [0.3, 0.4) is 0 Å². The molecule has 102 valence electrons. The van der Waals surface area contributed by atoms with Crippen molar-refractivity contribution in [2.45, 2.75) is 66.9 Å². The molecule has 0 N–H and O–H groups in total. The predicted molar refractivity (Wildman–Crippen MR) is 65.9 cm³/mol. The lowest BCUT2D eigenvalue weighted by atomic mass is 9.87. The van der Waals surface area contributed by atoms with Gasteiger partial charge in [-0.2, -0.15) is 4.89 Å². The van der Waals surface area contributed by atoms with Gasteiger partial charge in [-0.1, -0.05) is 27.7 Å². The summed E-state index contributed by atoms with van der Waals surface area (Å²) in [4.78, 5) is 21.0. The Labute approximate surface area is 104 Å². The molecule has 0 spiro atoms. The van der Waals surface area contributed by atoms with Gasteiger partial charge in [0.15, 0.2) is 0 Å². The van der Waals surface area contributed by atoms with E-state index in [-0.39, 0.29) is 11.3 Å². The van der Waals surface area contributed by atoms with E-state index in [9.17, 15) is 4.79 Å². The maximum atomic E-state index is 11.5. The maximum Gasteiger partial charge on any atom is 0.348 e. The van der Waals surface area contributed by atoms with Crippen LogP contribution in [0, 0.1) is 11.3 Å². The zero-order valence-electron chi connectivity index (χ0n) is 12.1. The lowest BCUT2D eigenvalue weighted by molar-refractivity contribution is -0.515. The fraction of sp³-hybridized carbons (Fsp3) is 0.923. The van der Waals surface area contributed by atoms with Crippen molar-refractivity contribution < 1.29 is 19.6 Å². The Morgan fingerprint density at radius 3 is 2.06 bits per heavy atom. The van der Waals surface area contributed by atoms with Crippen LogP contribution in [0.5, 0.6) is 0 Å². The van der Waals surface area contributed by atoms with Gasteiger partial charge in [0, 0.05) is 0 Å². The van der Waals surface area contributed by atoms with Gasteiger partial charge in [0.1, 0.15) is 0 Å². The molecule has 1 unspecified atom stereocenters. The van der Waals surface area contributed by atoms with E-state index < -0.39 is 11.6 Å². The van der Waals surface area contributed by atoms with E-state index in [1.165, 1.54) is 0 Å². The Morgan fingerprint density at radius 2 is 1.65 bits per heavy atom. The maximum absolute atomic E-state index is 11.5. The molecular weight excluding hydrogens is 220 g/mol. The quantitative estimate of drug-likeness (QED) is 0.548. The summed E-state index contributed by atoms with van der Waals surface area (Å²) in [6, 6.07) is 0. The van der Waals surface area contributed by atoms with Crippen molar-refractivity contribution in [2.24, 2.45) is 11.3 Å². The van der Waals surface area contributed by atoms with Crippen molar-refractivity contribution in [2.75, 3.05) is 0 Å². The highest BCUT2D eigenvalue weighted by Gasteiger charge is 2.21. The third-order valence-corrected chi connectivity index (χ3v) is 2.13. The monoisotopic (exact) mass is 246 g/mol. The van der Waals surface area contributed by atoms with Gasteiger partial charge in [-0.15, -0.1) is 0 Å². The van der Waals surface area contributed by atoms with Crippen LogP contribution >= 0.6 is 0 Å². The Balaban J connectivity index is 3.83. The van der Waals surface area contributed by atoms with Crippen molar-refractivity contribution in [1.29, 1.82) is 0 Å². The highest BCUT2D eigenvalue weighted by Crippen LogP contribution is 2.24. The summed E-state index contributed by atoms with van der Waals surface area (Å²) < 4.78 is 0. The van der Waals surface area contributed by atoms with Gasteiger partial charge in [-0.3, -0.25) is 4.89 Å². The second-order valence-electron chi connectivity index (χ2n) is 6.67. The van der Waals surface area contributed by atoms with Gasteiger partial charge in [0.2, 0.25) is 0 Å². The van der Waals surface area contributed by atoms with Crippen LogP contribution in [0.4, 0.5) is 0 Å². The topological polar surface area (TPSA) is 44.8 Å². The predicted octanol–water partition coefficient (Wildman–Crippen LogP) is 3.65. The van der Waals surface area contributed by atoms with Crippen LogP contribution in [-0.4, -0.2) is 11.6 Å². The summed E-state index contributed by atoms with van der Waals surface area (Å²) in [5.41, 5.74) is -0.272. The zero-order chi connectivity index (χ0) is 13.7. The third-order valence-electron chi connectivity index (χ3n) is 2.13. The van der Waals surface area contributed by atoms with Crippen LogP contribution in [0.1, 0.15) is 61.3 Å². The minimum atomic E-state index is -0.491. The first-order valence-electron chi connectivity index (χ1n) is 6.07. The summed E-state index contributed by atoms with van der Waals surface area (Å²) in [6.07, 6.45) is 1.74. The first-order valence-corrected chi connectivity index (χ1v) is 6.07. The molecule has 0 fully saturated rings. The van der Waals surface area contributed by atoms with Crippen molar-refractivity contribution in [3.8, 4) is 0 Å². The highest BCUT2D eigenvalue weighted by atomic mass is 17.5. The van der Waals surface area contributed by atoms with Gasteiger partial charge >= 0.3 is 5.97 Å². The average molecular weight is 246 g/mol. The van der Waals surface area contributed by atoms with Crippen LogP contribution in [0.2, 0.25) is 0 Å². The summed E-state index contributed by atoms with van der Waals surface area (Å²) in [7, 11) is 0. The summed E-state index contributed by atoms with van der Waals surface area (Å²) in [5, 5.41) is 4.46. The third kappa shape index (κ3) is 10.3. The van der Waals surface area contributed by atoms with E-state index in [1.807, 2.05) is 27.7 Å². The smallest absolute Gasteiger partial charge is 0.269 e. The molecule has 1 atom stereocenters. The first-order chi connectivity index (χ1) is 7.51. The molecule has 0 saturated heterocycles. The molecule has 0 rings (SSSR count). The molecule has 0 aliphatic rings. The molecule has 0 aliphatic heterocycles. The van der Waals surface area contributed by atoms with Crippen LogP contribution in [0.25, 0.3) is 0 Å². The largest absolute Gasteiger partial charge is 0.348 e. The number of hydrogen-bond acceptors (Lipinski definition) is 4. The first kappa shape index (κ1) is 16.4. The Morgan fingerprint density at radius 1 is 1.12 bits per heavy atom. The molecule has 0 amide bonds. The summed E-state index contributed by atoms with van der Waals surface area (Å²) >= 11 is 0. The fourth-order valence-corrected chi connectivity index (χ4v) is 1.00. The number of rotatable bonds is 5. The molecule has 0 aromatic rings. The molecule has 0 bridgehead atoms. The number of carbonyl (C=O) groups is 1. The van der Waals surface area contributed by atoms with E-state index in [2.05, 4.69) is 30.7 Å². The average Bonchev–Trinajstić information content (AvgIpc) is 2.10. The van der Waals surface area contributed by atoms with E-state index in [0.29, 0.717) is 0 Å². The summed E-state index contributed by atoms with van der Waals surface area (Å²) in [6.45, 7) is 13.7. The van der Waals surface area contributed by atoms with Gasteiger partial charge in [-0.25, -0.2) is 4.79 Å². The lowest BCUT2D eigenvalue weighted by Gasteiger charge is -2.20. The summed E-state index contributed by atoms with van der Waals surface area (Å²) in [5.74, 6) is -0.573. The minimum absolute atomic E-state index is 0.183. The molecule has 0 heterocycles. The van der Waals surface area contributed by atoms with Crippen LogP contribution in [0.15, 0.2) is 0 Å². The van der Waals surface area contributed by atoms with Gasteiger partial charge < -0.3 is 0 Å². The van der Waals surface area contributed by atoms with E-state index in [0.717, 1.165) is 12.8 Å². The van der Waals surface area contributed by atoms with Crippen molar-refractivity contribution in [1.82, 2.24) is 0 Å². The molecule has 0 saturated carbocycles. The van der Waals surface area contributed by atoms with E-state index in [4.69, 9.17) is 4.89 Å². The lowest BCUT2D eigenvalue weighted by Crippen LogP contribution is -2.23. The fourth-order valence-electron chi connectivity index (χ4n) is 1.00. The van der Waals surface area contributed by atoms with Gasteiger partial charge in [0.05, 0.1) is 11.5 Å². The Bertz CT molecular complexity index is 235. The Hall–Kier alpha value is -0.610. The van der Waals surface area contributed by atoms with Crippen LogP contribution in [-0.2, 0) is 19.6 Å². The van der Waals surface area contributed by atoms with Crippen LogP contribution < -0.4 is 0 Å². The molecule has 4 nitrogen and oxygen atoms in total. The molecule has 0 radical (unpaired) electrons. The highest BCUT2D eigenvalue weighted by molar-refractivity contribution is 5.71. The van der Waals surface area contributed by atoms with Crippen molar-refractivity contribution in [3.05, 3.63) is 0 Å². The second-order valence-corrected chi connectivity index (χ2v) is 6.67. The Kier molecular flexibility index (Phi) is 6.13. The normalized spacial score (nSPS) is 14.5. The van der Waals surface area contributed by atoms with Gasteiger partial charge in [-0.05, 0) is 44.1 Å². The zero-order valence-corrected chi connectivity index (χ0v) is 12.1. The number of hydrogen-bond donors (Lipinski definition) is 0. The molecular formula is C13H26O4. The molecule has 17 heavy (non-hydrogen) atoms. The second kappa shape index (κ2) is 6.36. The molecule has 0 aromatic heterocycles. The molecule has 0 aliphatic carbocycles. The minimum Gasteiger partial charge on any atom is -0.269 e. The molecule has 0 aromatic carbocycles. The van der Waals surface area contributed by atoms with Crippen molar-refractivity contribution in [3.63, 3.8) is 0 Å². The molecule has 4 heteroatoms. The van der Waals surface area contributed by atoms with Crippen molar-refractivity contribution >= 4 is 5.97 Å². The number of carbonyl (C=O) groups excluding carboxylic acids is 1. The van der Waals surface area contributed by atoms with Gasteiger partial charge in [0.25, 0.3) is 0 Å². The van der Waals surface area contributed by atoms with E-state index >= 15 is 0 Å². The van der Waals surface area contributed by atoms with E-state index in [1.54, 1.807) is 0 Å².